The zero-order valence-electron chi connectivity index (χ0n) is 14.8. The van der Waals surface area contributed by atoms with Gasteiger partial charge in [0, 0.05) is 5.02 Å². The Morgan fingerprint density at radius 2 is 2.00 bits per heavy atom. The van der Waals surface area contributed by atoms with Crippen molar-refractivity contribution in [3.05, 3.63) is 64.5 Å². The van der Waals surface area contributed by atoms with Gasteiger partial charge in [-0.25, -0.2) is 0 Å². The lowest BCUT2D eigenvalue weighted by Crippen LogP contribution is -2.05. The number of benzene rings is 2. The Kier molecular flexibility index (Phi) is 6.36. The Labute approximate surface area is 165 Å². The highest BCUT2D eigenvalue weighted by Crippen LogP contribution is 2.26. The number of methoxy groups -OCH3 is 1. The Morgan fingerprint density at radius 3 is 2.78 bits per heavy atom. The molecular formula is C19H17ClN2O4S. The Balaban J connectivity index is 1.57. The van der Waals surface area contributed by atoms with Gasteiger partial charge in [0.05, 0.1) is 18.4 Å². The van der Waals surface area contributed by atoms with E-state index in [1.807, 2.05) is 31.2 Å². The van der Waals surface area contributed by atoms with Gasteiger partial charge in [0.15, 0.2) is 12.4 Å². The highest BCUT2D eigenvalue weighted by molar-refractivity contribution is 7.99. The second-order valence-corrected chi connectivity index (χ2v) is 6.94. The molecule has 0 aliphatic rings. The fourth-order valence-electron chi connectivity index (χ4n) is 2.32. The molecule has 0 unspecified atom stereocenters. The predicted octanol–water partition coefficient (Wildman–Crippen LogP) is 4.59. The van der Waals surface area contributed by atoms with Gasteiger partial charge in [0.1, 0.15) is 11.5 Å². The van der Waals surface area contributed by atoms with Crippen LogP contribution in [0.4, 0.5) is 0 Å². The molecule has 0 atom stereocenters. The van der Waals surface area contributed by atoms with Crippen molar-refractivity contribution < 1.29 is 18.7 Å². The van der Waals surface area contributed by atoms with E-state index in [0.29, 0.717) is 27.4 Å². The second-order valence-electron chi connectivity index (χ2n) is 5.57. The van der Waals surface area contributed by atoms with Crippen molar-refractivity contribution in [2.24, 2.45) is 0 Å². The lowest BCUT2D eigenvalue weighted by atomic mass is 10.1. The summed E-state index contributed by atoms with van der Waals surface area (Å²) in [5.74, 6) is 1.55. The van der Waals surface area contributed by atoms with Gasteiger partial charge in [-0.2, -0.15) is 0 Å². The number of ether oxygens (including phenoxy) is 2. The van der Waals surface area contributed by atoms with Crippen molar-refractivity contribution in [2.45, 2.75) is 18.8 Å². The van der Waals surface area contributed by atoms with Crippen LogP contribution < -0.4 is 9.47 Å². The van der Waals surface area contributed by atoms with Crippen LogP contribution in [0.5, 0.6) is 11.5 Å². The summed E-state index contributed by atoms with van der Waals surface area (Å²) in [6.45, 7) is 2.12. The van der Waals surface area contributed by atoms with Crippen LogP contribution in [0.15, 0.2) is 52.1 Å². The number of hydrogen-bond acceptors (Lipinski definition) is 7. The number of nitrogens with zero attached hydrogens (tertiary/aromatic N) is 2. The molecule has 0 spiro atoms. The molecule has 0 saturated carbocycles. The first kappa shape index (κ1) is 19.3. The van der Waals surface area contributed by atoms with Gasteiger partial charge in [-0.3, -0.25) is 4.79 Å². The first-order valence-corrected chi connectivity index (χ1v) is 9.43. The van der Waals surface area contributed by atoms with E-state index in [4.69, 9.17) is 25.5 Å². The van der Waals surface area contributed by atoms with E-state index in [0.717, 1.165) is 23.1 Å². The zero-order chi connectivity index (χ0) is 19.2. The molecule has 2 aromatic carbocycles. The maximum Gasteiger partial charge on any atom is 0.277 e. The van der Waals surface area contributed by atoms with E-state index < -0.39 is 0 Å². The molecule has 0 N–H and O–H groups in total. The first-order valence-electron chi connectivity index (χ1n) is 8.07. The number of thioether (sulfide) groups is 1. The van der Waals surface area contributed by atoms with Crippen molar-refractivity contribution in [3.8, 4) is 11.5 Å². The molecule has 27 heavy (non-hydrogen) atoms. The van der Waals surface area contributed by atoms with Crippen molar-refractivity contribution in [2.75, 3.05) is 12.9 Å². The summed E-state index contributed by atoms with van der Waals surface area (Å²) in [5, 5.41) is 8.64. The maximum absolute atomic E-state index is 12.4. The van der Waals surface area contributed by atoms with Crippen molar-refractivity contribution in [3.63, 3.8) is 0 Å². The summed E-state index contributed by atoms with van der Waals surface area (Å²) < 4.78 is 16.4. The monoisotopic (exact) mass is 404 g/mol. The number of Topliss-reactive ketones (excluding diaryl/α,β-unsaturated/α-hetero) is 1. The van der Waals surface area contributed by atoms with E-state index in [2.05, 4.69) is 10.2 Å². The minimum atomic E-state index is -0.143. The van der Waals surface area contributed by atoms with E-state index in [-0.39, 0.29) is 18.1 Å². The third kappa shape index (κ3) is 5.02. The third-order valence-electron chi connectivity index (χ3n) is 3.68. The number of aryl methyl sites for hydroxylation is 1. The number of carbonyl (C=O) groups excluding carboxylic acids is 1. The molecule has 0 aliphatic heterocycles. The molecule has 3 aromatic rings. The number of rotatable bonds is 8. The quantitative estimate of drug-likeness (QED) is 0.401. The van der Waals surface area contributed by atoms with Crippen molar-refractivity contribution >= 4 is 29.1 Å². The normalized spacial score (nSPS) is 10.6. The number of aromatic nitrogens is 2. The zero-order valence-corrected chi connectivity index (χ0v) is 16.3. The molecule has 0 fully saturated rings. The van der Waals surface area contributed by atoms with Gasteiger partial charge in [-0.15, -0.1) is 10.2 Å². The van der Waals surface area contributed by atoms with E-state index in [9.17, 15) is 4.79 Å². The minimum absolute atomic E-state index is 0.122. The number of halogens is 1. The molecule has 6 nitrogen and oxygen atoms in total. The fraction of sp³-hybridized carbons (Fsp3) is 0.211. The van der Waals surface area contributed by atoms with Crippen LogP contribution in [-0.4, -0.2) is 28.8 Å². The summed E-state index contributed by atoms with van der Waals surface area (Å²) in [5.41, 5.74) is 1.44. The number of hydrogen-bond donors (Lipinski definition) is 0. The SMILES string of the molecule is COc1ccc(Cl)cc1C(=O)CSc1nnc(COc2ccccc2C)o1. The highest BCUT2D eigenvalue weighted by Gasteiger charge is 2.16. The molecule has 0 bridgehead atoms. The molecule has 140 valence electrons. The summed E-state index contributed by atoms with van der Waals surface area (Å²) in [6.07, 6.45) is 0. The van der Waals surface area contributed by atoms with Crippen LogP contribution in [0, 0.1) is 6.92 Å². The lowest BCUT2D eigenvalue weighted by molar-refractivity contribution is 0.101. The van der Waals surface area contributed by atoms with Gasteiger partial charge < -0.3 is 13.9 Å². The van der Waals surface area contributed by atoms with Crippen molar-refractivity contribution in [1.82, 2.24) is 10.2 Å². The third-order valence-corrected chi connectivity index (χ3v) is 4.74. The largest absolute Gasteiger partial charge is 0.496 e. The number of para-hydroxylation sites is 1. The highest BCUT2D eigenvalue weighted by atomic mass is 35.5. The van der Waals surface area contributed by atoms with E-state index in [1.165, 1.54) is 7.11 Å². The molecule has 8 heteroatoms. The summed E-state index contributed by atoms with van der Waals surface area (Å²) in [7, 11) is 1.51. The van der Waals surface area contributed by atoms with Gasteiger partial charge >= 0.3 is 0 Å². The molecule has 0 amide bonds. The van der Waals surface area contributed by atoms with Crippen LogP contribution in [0.1, 0.15) is 21.8 Å². The average Bonchev–Trinajstić information content (AvgIpc) is 3.13. The van der Waals surface area contributed by atoms with E-state index in [1.54, 1.807) is 18.2 Å². The summed E-state index contributed by atoms with van der Waals surface area (Å²) >= 11 is 7.12. The smallest absolute Gasteiger partial charge is 0.277 e. The van der Waals surface area contributed by atoms with Gasteiger partial charge in [-0.05, 0) is 36.8 Å². The van der Waals surface area contributed by atoms with Crippen molar-refractivity contribution in [1.29, 1.82) is 0 Å². The second kappa shape index (κ2) is 8.92. The van der Waals surface area contributed by atoms with Gasteiger partial charge in [-0.1, -0.05) is 41.6 Å². The Morgan fingerprint density at radius 1 is 1.19 bits per heavy atom. The molecule has 0 radical (unpaired) electrons. The standard InChI is InChI=1S/C19H17ClN2O4S/c1-12-5-3-4-6-16(12)25-10-18-21-22-19(26-18)27-11-15(23)14-9-13(20)7-8-17(14)24-2/h3-9H,10-11H2,1-2H3. The summed E-state index contributed by atoms with van der Waals surface area (Å²) in [4.78, 5) is 12.4. The minimum Gasteiger partial charge on any atom is -0.496 e. The Bertz CT molecular complexity index is 945. The fourth-order valence-corrected chi connectivity index (χ4v) is 3.15. The van der Waals surface area contributed by atoms with Gasteiger partial charge in [0.2, 0.25) is 0 Å². The molecule has 0 saturated heterocycles. The van der Waals surface area contributed by atoms with E-state index >= 15 is 0 Å². The van der Waals surface area contributed by atoms with Crippen LogP contribution in [0.25, 0.3) is 0 Å². The maximum atomic E-state index is 12.4. The predicted molar refractivity (Wildman–Crippen MR) is 103 cm³/mol. The molecule has 3 rings (SSSR count). The van der Waals surface area contributed by atoms with Crippen LogP contribution in [-0.2, 0) is 6.61 Å². The lowest BCUT2D eigenvalue weighted by Gasteiger charge is -2.07. The topological polar surface area (TPSA) is 74.5 Å². The number of ketones is 1. The molecular weight excluding hydrogens is 388 g/mol. The average molecular weight is 405 g/mol. The summed E-state index contributed by atoms with van der Waals surface area (Å²) in [6, 6.07) is 12.6. The van der Waals surface area contributed by atoms with Crippen LogP contribution >= 0.6 is 23.4 Å². The van der Waals surface area contributed by atoms with Crippen LogP contribution in [0.3, 0.4) is 0 Å². The number of carbonyl (C=O) groups is 1. The first-order chi connectivity index (χ1) is 13.1. The molecule has 1 aromatic heterocycles. The molecule has 1 heterocycles. The van der Waals surface area contributed by atoms with Gasteiger partial charge in [0.25, 0.3) is 11.1 Å². The Hall–Kier alpha value is -2.51. The van der Waals surface area contributed by atoms with Crippen LogP contribution in [0.2, 0.25) is 5.02 Å². The molecule has 0 aliphatic carbocycles.